The zero-order valence-corrected chi connectivity index (χ0v) is 15.8. The molecule has 25 heavy (non-hydrogen) atoms. The van der Waals surface area contributed by atoms with Crippen LogP contribution in [0, 0.1) is 13.8 Å². The number of nitrogens with two attached hydrogens (primary N) is 1. The third kappa shape index (κ3) is 6.86. The average molecular weight is 362 g/mol. The highest BCUT2D eigenvalue weighted by Gasteiger charge is 2.12. The number of rotatable bonds is 8. The SMILES string of the molecule is Cc1cccc(C)c1NC(=O)CN(CCN)CCc1ccccc1.Cl. The van der Waals surface area contributed by atoms with E-state index in [-0.39, 0.29) is 18.3 Å². The number of carbonyl (C=O) groups excluding carboxylic acids is 1. The van der Waals surface area contributed by atoms with Crippen molar-refractivity contribution >= 4 is 24.0 Å². The fourth-order valence-corrected chi connectivity index (χ4v) is 2.78. The summed E-state index contributed by atoms with van der Waals surface area (Å²) in [5, 5.41) is 3.04. The normalized spacial score (nSPS) is 10.4. The number of halogens is 1. The molecule has 4 nitrogen and oxygen atoms in total. The largest absolute Gasteiger partial charge is 0.329 e. The zero-order chi connectivity index (χ0) is 17.4. The van der Waals surface area contributed by atoms with Gasteiger partial charge in [-0.15, -0.1) is 12.4 Å². The molecule has 0 saturated heterocycles. The number of amides is 1. The third-order valence-electron chi connectivity index (χ3n) is 4.12. The van der Waals surface area contributed by atoms with Gasteiger partial charge in [0.25, 0.3) is 0 Å². The first-order valence-corrected chi connectivity index (χ1v) is 8.42. The summed E-state index contributed by atoms with van der Waals surface area (Å²) in [6, 6.07) is 16.3. The standard InChI is InChI=1S/C20H27N3O.ClH/c1-16-7-6-8-17(2)20(16)22-19(24)15-23(14-12-21)13-11-18-9-4-3-5-10-18;/h3-10H,11-15,21H2,1-2H3,(H,22,24);1H. The van der Waals surface area contributed by atoms with Gasteiger partial charge in [-0.2, -0.15) is 0 Å². The van der Waals surface area contributed by atoms with Crippen LogP contribution in [0.5, 0.6) is 0 Å². The van der Waals surface area contributed by atoms with E-state index in [9.17, 15) is 4.79 Å². The molecule has 0 aromatic heterocycles. The number of nitrogens with one attached hydrogen (secondary N) is 1. The Bertz CT molecular complexity index is 641. The molecule has 2 aromatic rings. The van der Waals surface area contributed by atoms with E-state index in [4.69, 9.17) is 5.73 Å². The maximum atomic E-state index is 12.4. The Morgan fingerprint density at radius 1 is 1.00 bits per heavy atom. The van der Waals surface area contributed by atoms with Gasteiger partial charge in [0.15, 0.2) is 0 Å². The number of anilines is 1. The summed E-state index contributed by atoms with van der Waals surface area (Å²) >= 11 is 0. The van der Waals surface area contributed by atoms with Crippen molar-refractivity contribution in [3.63, 3.8) is 0 Å². The molecule has 0 aliphatic carbocycles. The minimum atomic E-state index is 0. The van der Waals surface area contributed by atoms with E-state index in [0.29, 0.717) is 19.6 Å². The molecule has 5 heteroatoms. The minimum absolute atomic E-state index is 0. The smallest absolute Gasteiger partial charge is 0.238 e. The highest BCUT2D eigenvalue weighted by Crippen LogP contribution is 2.19. The predicted octanol–water partition coefficient (Wildman–Crippen LogP) is 3.17. The van der Waals surface area contributed by atoms with Crippen molar-refractivity contribution in [3.8, 4) is 0 Å². The van der Waals surface area contributed by atoms with Gasteiger partial charge >= 0.3 is 0 Å². The van der Waals surface area contributed by atoms with Crippen molar-refractivity contribution in [2.75, 3.05) is 31.5 Å². The van der Waals surface area contributed by atoms with Gasteiger partial charge in [-0.05, 0) is 37.0 Å². The van der Waals surface area contributed by atoms with Crippen molar-refractivity contribution in [2.24, 2.45) is 5.73 Å². The van der Waals surface area contributed by atoms with Crippen molar-refractivity contribution < 1.29 is 4.79 Å². The van der Waals surface area contributed by atoms with Gasteiger partial charge in [0.2, 0.25) is 5.91 Å². The number of aryl methyl sites for hydroxylation is 2. The van der Waals surface area contributed by atoms with Gasteiger partial charge in [-0.25, -0.2) is 0 Å². The Hall–Kier alpha value is -1.88. The van der Waals surface area contributed by atoms with Gasteiger partial charge in [0, 0.05) is 25.3 Å². The molecule has 0 aliphatic heterocycles. The summed E-state index contributed by atoms with van der Waals surface area (Å²) in [7, 11) is 0. The minimum Gasteiger partial charge on any atom is -0.329 e. The second-order valence-corrected chi connectivity index (χ2v) is 6.12. The lowest BCUT2D eigenvalue weighted by Gasteiger charge is -2.21. The van der Waals surface area contributed by atoms with Crippen molar-refractivity contribution in [1.82, 2.24) is 4.90 Å². The number of hydrogen-bond donors (Lipinski definition) is 2. The molecule has 0 bridgehead atoms. The molecule has 0 radical (unpaired) electrons. The van der Waals surface area contributed by atoms with Gasteiger partial charge in [0.1, 0.15) is 0 Å². The monoisotopic (exact) mass is 361 g/mol. The first kappa shape index (κ1) is 21.2. The molecular weight excluding hydrogens is 334 g/mol. The molecular formula is C20H28ClN3O. The van der Waals surface area contributed by atoms with Crippen LogP contribution in [0.25, 0.3) is 0 Å². The Balaban J connectivity index is 0.00000312. The fourth-order valence-electron chi connectivity index (χ4n) is 2.78. The van der Waals surface area contributed by atoms with E-state index < -0.39 is 0 Å². The molecule has 0 atom stereocenters. The van der Waals surface area contributed by atoms with Gasteiger partial charge in [-0.1, -0.05) is 48.5 Å². The maximum absolute atomic E-state index is 12.4. The van der Waals surface area contributed by atoms with E-state index in [1.165, 1.54) is 5.56 Å². The van der Waals surface area contributed by atoms with Crippen LogP contribution in [-0.4, -0.2) is 37.0 Å². The van der Waals surface area contributed by atoms with Crippen molar-refractivity contribution in [3.05, 3.63) is 65.2 Å². The predicted molar refractivity (Wildman–Crippen MR) is 107 cm³/mol. The molecule has 0 fully saturated rings. The van der Waals surface area contributed by atoms with Gasteiger partial charge < -0.3 is 11.1 Å². The van der Waals surface area contributed by atoms with Crippen LogP contribution in [0.2, 0.25) is 0 Å². The van der Waals surface area contributed by atoms with Crippen LogP contribution in [0.15, 0.2) is 48.5 Å². The van der Waals surface area contributed by atoms with Crippen LogP contribution in [-0.2, 0) is 11.2 Å². The summed E-state index contributed by atoms with van der Waals surface area (Å²) in [6.45, 7) is 6.46. The van der Waals surface area contributed by atoms with E-state index >= 15 is 0 Å². The summed E-state index contributed by atoms with van der Waals surface area (Å²) in [6.07, 6.45) is 0.914. The first-order valence-electron chi connectivity index (χ1n) is 8.42. The molecule has 0 aliphatic rings. The molecule has 0 saturated carbocycles. The lowest BCUT2D eigenvalue weighted by atomic mass is 10.1. The Labute approximate surface area is 156 Å². The zero-order valence-electron chi connectivity index (χ0n) is 15.0. The fraction of sp³-hybridized carbons (Fsp3) is 0.350. The topological polar surface area (TPSA) is 58.4 Å². The van der Waals surface area contributed by atoms with Gasteiger partial charge in [0.05, 0.1) is 6.54 Å². The Kier molecular flexibility index (Phi) is 9.21. The van der Waals surface area contributed by atoms with E-state index in [1.807, 2.05) is 50.2 Å². The molecule has 3 N–H and O–H groups in total. The Morgan fingerprint density at radius 2 is 1.64 bits per heavy atom. The summed E-state index contributed by atoms with van der Waals surface area (Å²) in [4.78, 5) is 14.5. The summed E-state index contributed by atoms with van der Waals surface area (Å²) in [5.74, 6) is 0.00825. The quantitative estimate of drug-likeness (QED) is 0.759. The van der Waals surface area contributed by atoms with E-state index in [0.717, 1.165) is 29.8 Å². The highest BCUT2D eigenvalue weighted by molar-refractivity contribution is 5.93. The third-order valence-corrected chi connectivity index (χ3v) is 4.12. The number of hydrogen-bond acceptors (Lipinski definition) is 3. The van der Waals surface area contributed by atoms with Crippen LogP contribution in [0.1, 0.15) is 16.7 Å². The summed E-state index contributed by atoms with van der Waals surface area (Å²) < 4.78 is 0. The maximum Gasteiger partial charge on any atom is 0.238 e. The second-order valence-electron chi connectivity index (χ2n) is 6.12. The first-order chi connectivity index (χ1) is 11.6. The molecule has 136 valence electrons. The molecule has 2 aromatic carbocycles. The number of nitrogens with zero attached hydrogens (tertiary/aromatic N) is 1. The van der Waals surface area contributed by atoms with Crippen molar-refractivity contribution in [1.29, 1.82) is 0 Å². The molecule has 1 amide bonds. The molecule has 2 rings (SSSR count). The molecule has 0 spiro atoms. The Morgan fingerprint density at radius 3 is 2.24 bits per heavy atom. The summed E-state index contributed by atoms with van der Waals surface area (Å²) in [5.41, 5.74) is 10.1. The second kappa shape index (κ2) is 10.9. The van der Waals surface area contributed by atoms with E-state index in [2.05, 4.69) is 22.3 Å². The lowest BCUT2D eigenvalue weighted by molar-refractivity contribution is -0.117. The lowest BCUT2D eigenvalue weighted by Crippen LogP contribution is -2.38. The van der Waals surface area contributed by atoms with Crippen LogP contribution in [0.4, 0.5) is 5.69 Å². The molecule has 0 unspecified atom stereocenters. The van der Waals surface area contributed by atoms with Gasteiger partial charge in [-0.3, -0.25) is 9.69 Å². The van der Waals surface area contributed by atoms with E-state index in [1.54, 1.807) is 0 Å². The van der Waals surface area contributed by atoms with Crippen LogP contribution in [0.3, 0.4) is 0 Å². The number of carbonyl (C=O) groups is 1. The number of para-hydroxylation sites is 1. The van der Waals surface area contributed by atoms with Crippen LogP contribution < -0.4 is 11.1 Å². The molecule has 0 heterocycles. The van der Waals surface area contributed by atoms with Crippen LogP contribution >= 0.6 is 12.4 Å². The number of benzene rings is 2. The average Bonchev–Trinajstić information content (AvgIpc) is 2.57. The van der Waals surface area contributed by atoms with Crippen molar-refractivity contribution in [2.45, 2.75) is 20.3 Å². The highest BCUT2D eigenvalue weighted by atomic mass is 35.5.